The van der Waals surface area contributed by atoms with Gasteiger partial charge in [-0.2, -0.15) is 0 Å². The zero-order valence-corrected chi connectivity index (χ0v) is 18.8. The van der Waals surface area contributed by atoms with Crippen LogP contribution in [0.25, 0.3) is 0 Å². The van der Waals surface area contributed by atoms with E-state index in [1.807, 2.05) is 0 Å². The molecule has 1 saturated heterocycles. The van der Waals surface area contributed by atoms with E-state index in [1.54, 1.807) is 6.07 Å². The van der Waals surface area contributed by atoms with Crippen LogP contribution in [0.15, 0.2) is 12.1 Å². The molecule has 3 saturated carbocycles. The van der Waals surface area contributed by atoms with Crippen molar-refractivity contribution < 1.29 is 21.7 Å². The van der Waals surface area contributed by atoms with Crippen LogP contribution in [0.2, 0.25) is 0 Å². The predicted molar refractivity (Wildman–Crippen MR) is 115 cm³/mol. The highest BCUT2D eigenvalue weighted by Crippen LogP contribution is 2.53. The van der Waals surface area contributed by atoms with Crippen molar-refractivity contribution in [1.82, 2.24) is 4.31 Å². The number of hydrogen-bond acceptors (Lipinski definition) is 4. The summed E-state index contributed by atoms with van der Waals surface area (Å²) < 4.78 is 46.6. The van der Waals surface area contributed by atoms with Gasteiger partial charge in [-0.3, -0.25) is 0 Å². The maximum Gasteiger partial charge on any atom is 0.486 e. The molecule has 0 bridgehead atoms. The molecule has 0 amide bonds. The molecule has 1 heterocycles. The first-order valence-electron chi connectivity index (χ1n) is 11.8. The molecule has 3 aliphatic carbocycles. The number of hydrogen-bond donors (Lipinski definition) is 0. The van der Waals surface area contributed by atoms with Gasteiger partial charge in [0.25, 0.3) is 0 Å². The van der Waals surface area contributed by atoms with Crippen LogP contribution in [0.1, 0.15) is 81.3 Å². The highest BCUT2D eigenvalue weighted by Gasteiger charge is 2.42. The zero-order valence-electron chi connectivity index (χ0n) is 18.0. The van der Waals surface area contributed by atoms with E-state index in [9.17, 15) is 17.7 Å². The smallest absolute Gasteiger partial charge is 0.486 e. The number of nitroso groups, excluding NO2 is 1. The van der Waals surface area contributed by atoms with E-state index in [4.69, 9.17) is 4.74 Å². The SMILES string of the molecule is O=[N+](Cc1cc(C2CC2)c(OCC2CCC3(CCC3)CC2)cc1F)S(=O)(=O)N1CCC1. The molecule has 1 spiro atoms. The Balaban J connectivity index is 1.26. The minimum absolute atomic E-state index is 0.0140. The summed E-state index contributed by atoms with van der Waals surface area (Å²) in [5.41, 5.74) is 1.65. The molecule has 0 aromatic heterocycles. The zero-order chi connectivity index (χ0) is 21.6. The molecule has 0 atom stereocenters. The van der Waals surface area contributed by atoms with Crippen molar-refractivity contribution in [1.29, 1.82) is 0 Å². The lowest BCUT2D eigenvalue weighted by atomic mass is 9.59. The standard InChI is InChI=1S/C23H32FN2O4S/c24-21-14-22(30-16-17-5-9-23(10-6-17)7-1-8-23)20(18-3-4-18)13-19(21)15-26(27)31(28,29)25-11-2-12-25/h13-14,17-18H,1-12,15-16H2/q+1. The van der Waals surface area contributed by atoms with E-state index in [2.05, 4.69) is 0 Å². The number of ether oxygens (including phenoxy) is 1. The lowest BCUT2D eigenvalue weighted by Crippen LogP contribution is -2.46. The van der Waals surface area contributed by atoms with Crippen molar-refractivity contribution in [2.45, 2.75) is 76.7 Å². The summed E-state index contributed by atoms with van der Waals surface area (Å²) in [6.45, 7) is 0.804. The van der Waals surface area contributed by atoms with Gasteiger partial charge in [0.2, 0.25) is 6.54 Å². The third-order valence-corrected chi connectivity index (χ3v) is 9.61. The number of nitrogens with zero attached hydrogens (tertiary/aromatic N) is 2. The second kappa shape index (κ2) is 8.10. The van der Waals surface area contributed by atoms with Crippen molar-refractivity contribution in [3.8, 4) is 5.75 Å². The van der Waals surface area contributed by atoms with Gasteiger partial charge in [0, 0.05) is 24.1 Å². The monoisotopic (exact) mass is 451 g/mol. The van der Waals surface area contributed by atoms with Gasteiger partial charge in [-0.05, 0) is 86.7 Å². The summed E-state index contributed by atoms with van der Waals surface area (Å²) in [6, 6.07) is 3.02. The van der Waals surface area contributed by atoms with Crippen LogP contribution in [0, 0.1) is 22.1 Å². The van der Waals surface area contributed by atoms with Crippen molar-refractivity contribution in [2.75, 3.05) is 19.7 Å². The molecule has 1 aromatic carbocycles. The van der Waals surface area contributed by atoms with Gasteiger partial charge in [0.05, 0.1) is 12.2 Å². The Bertz CT molecular complexity index is 958. The van der Waals surface area contributed by atoms with Crippen LogP contribution in [-0.4, -0.2) is 36.6 Å². The van der Waals surface area contributed by atoms with Gasteiger partial charge in [-0.15, -0.1) is 12.7 Å². The molecule has 170 valence electrons. The van der Waals surface area contributed by atoms with Crippen molar-refractivity contribution >= 4 is 10.2 Å². The summed E-state index contributed by atoms with van der Waals surface area (Å²) in [5.74, 6) is 0.817. The first-order valence-corrected chi connectivity index (χ1v) is 13.2. The maximum atomic E-state index is 14.8. The second-order valence-corrected chi connectivity index (χ2v) is 11.9. The average Bonchev–Trinajstić information content (AvgIpc) is 3.50. The third kappa shape index (κ3) is 4.25. The summed E-state index contributed by atoms with van der Waals surface area (Å²) in [4.78, 5) is 12.3. The Labute approximate surface area is 183 Å². The van der Waals surface area contributed by atoms with Crippen LogP contribution >= 0.6 is 0 Å². The minimum Gasteiger partial charge on any atom is -0.493 e. The van der Waals surface area contributed by atoms with Gasteiger partial charge >= 0.3 is 10.2 Å². The fourth-order valence-electron chi connectivity index (χ4n) is 5.29. The summed E-state index contributed by atoms with van der Waals surface area (Å²) in [7, 11) is -4.06. The second-order valence-electron chi connectivity index (χ2n) is 10.1. The van der Waals surface area contributed by atoms with E-state index >= 15 is 0 Å². The van der Waals surface area contributed by atoms with Crippen molar-refractivity contribution in [3.05, 3.63) is 34.0 Å². The molecule has 4 fully saturated rings. The Kier molecular flexibility index (Phi) is 5.57. The van der Waals surface area contributed by atoms with Gasteiger partial charge in [0.1, 0.15) is 15.7 Å². The molecule has 0 unspecified atom stereocenters. The van der Waals surface area contributed by atoms with Gasteiger partial charge in [-0.1, -0.05) is 6.42 Å². The molecular formula is C23H32FN2O4S+. The van der Waals surface area contributed by atoms with Gasteiger partial charge in [-0.25, -0.2) is 4.39 Å². The first kappa shape index (κ1) is 21.3. The van der Waals surface area contributed by atoms with E-state index < -0.39 is 22.6 Å². The fourth-order valence-corrected chi connectivity index (χ4v) is 6.57. The number of halogens is 1. The Hall–Kier alpha value is -1.54. The molecule has 31 heavy (non-hydrogen) atoms. The molecule has 0 N–H and O–H groups in total. The highest BCUT2D eigenvalue weighted by molar-refractivity contribution is 7.83. The summed E-state index contributed by atoms with van der Waals surface area (Å²) in [5, 5.41) is 0. The molecule has 1 aliphatic heterocycles. The average molecular weight is 452 g/mol. The fraction of sp³-hybridized carbons (Fsp3) is 0.739. The largest absolute Gasteiger partial charge is 0.493 e. The molecule has 1 aromatic rings. The minimum atomic E-state index is -4.06. The lowest BCUT2D eigenvalue weighted by Gasteiger charge is -2.47. The predicted octanol–water partition coefficient (Wildman–Crippen LogP) is 4.67. The van der Waals surface area contributed by atoms with Gasteiger partial charge < -0.3 is 4.74 Å². The Morgan fingerprint density at radius 2 is 1.77 bits per heavy atom. The molecular weight excluding hydrogens is 419 g/mol. The molecule has 8 heteroatoms. The third-order valence-electron chi connectivity index (χ3n) is 7.95. The van der Waals surface area contributed by atoms with Crippen LogP contribution in [0.5, 0.6) is 5.75 Å². The Morgan fingerprint density at radius 1 is 1.06 bits per heavy atom. The van der Waals surface area contributed by atoms with Crippen molar-refractivity contribution in [2.24, 2.45) is 11.3 Å². The number of benzene rings is 1. The van der Waals surface area contributed by atoms with Crippen LogP contribution in [-0.2, 0) is 16.8 Å². The summed E-state index contributed by atoms with van der Waals surface area (Å²) >= 11 is 0. The summed E-state index contributed by atoms with van der Waals surface area (Å²) in [6.07, 6.45) is 11.8. The van der Waals surface area contributed by atoms with Crippen LogP contribution < -0.4 is 4.74 Å². The lowest BCUT2D eigenvalue weighted by molar-refractivity contribution is -0.413. The van der Waals surface area contributed by atoms with Crippen LogP contribution in [0.3, 0.4) is 0 Å². The van der Waals surface area contributed by atoms with Crippen molar-refractivity contribution in [3.63, 3.8) is 0 Å². The highest BCUT2D eigenvalue weighted by atomic mass is 32.2. The normalized spacial score (nSPS) is 23.9. The van der Waals surface area contributed by atoms with E-state index in [0.717, 1.165) is 29.1 Å². The first-order chi connectivity index (χ1) is 14.9. The van der Waals surface area contributed by atoms with Gasteiger partial charge in [0.15, 0.2) is 0 Å². The van der Waals surface area contributed by atoms with E-state index in [-0.39, 0.29) is 9.73 Å². The molecule has 5 rings (SSSR count). The number of rotatable bonds is 8. The molecule has 6 nitrogen and oxygen atoms in total. The van der Waals surface area contributed by atoms with E-state index in [1.165, 1.54) is 51.0 Å². The molecule has 0 radical (unpaired) electrons. The topological polar surface area (TPSA) is 66.7 Å². The maximum absolute atomic E-state index is 14.8. The molecule has 4 aliphatic rings. The quantitative estimate of drug-likeness (QED) is 0.539. The Morgan fingerprint density at radius 3 is 2.32 bits per heavy atom. The van der Waals surface area contributed by atoms with Crippen LogP contribution in [0.4, 0.5) is 4.39 Å². The van der Waals surface area contributed by atoms with E-state index in [0.29, 0.717) is 42.7 Å².